The molecule has 0 atom stereocenters. The standard InChI is InChI=1S/C10H13NO3S/c1-9(14-2)11-15(12,13)8-10-6-4-3-5-7-10/h3-7,11H,1,8H2,2H3. The molecule has 1 N–H and O–H groups in total. The first kappa shape index (κ1) is 11.6. The second kappa shape index (κ2) is 4.84. The molecule has 0 aliphatic carbocycles. The molecule has 1 rings (SSSR count). The highest BCUT2D eigenvalue weighted by Gasteiger charge is 2.11. The Labute approximate surface area is 89.6 Å². The molecule has 0 saturated carbocycles. The van der Waals surface area contributed by atoms with Gasteiger partial charge in [-0.1, -0.05) is 30.3 Å². The number of hydrogen-bond donors (Lipinski definition) is 1. The van der Waals surface area contributed by atoms with Crippen molar-refractivity contribution >= 4 is 10.0 Å². The lowest BCUT2D eigenvalue weighted by Gasteiger charge is -2.08. The van der Waals surface area contributed by atoms with E-state index in [2.05, 4.69) is 16.0 Å². The van der Waals surface area contributed by atoms with Gasteiger partial charge in [-0.05, 0) is 12.1 Å². The van der Waals surface area contributed by atoms with Crippen molar-refractivity contribution in [3.63, 3.8) is 0 Å². The third kappa shape index (κ3) is 4.03. The first-order chi connectivity index (χ1) is 7.03. The van der Waals surface area contributed by atoms with Crippen molar-refractivity contribution < 1.29 is 13.2 Å². The van der Waals surface area contributed by atoms with Crippen LogP contribution in [0.2, 0.25) is 0 Å². The van der Waals surface area contributed by atoms with Crippen molar-refractivity contribution in [1.82, 2.24) is 4.72 Å². The van der Waals surface area contributed by atoms with Crippen LogP contribution >= 0.6 is 0 Å². The van der Waals surface area contributed by atoms with Gasteiger partial charge in [0.05, 0.1) is 12.9 Å². The summed E-state index contributed by atoms with van der Waals surface area (Å²) in [4.78, 5) is 0. The van der Waals surface area contributed by atoms with Crippen molar-refractivity contribution in [2.75, 3.05) is 7.11 Å². The molecule has 15 heavy (non-hydrogen) atoms. The van der Waals surface area contributed by atoms with E-state index in [0.29, 0.717) is 5.56 Å². The van der Waals surface area contributed by atoms with Gasteiger partial charge in [0.15, 0.2) is 5.88 Å². The Hall–Kier alpha value is -1.49. The third-order valence-corrected chi connectivity index (χ3v) is 2.97. The topological polar surface area (TPSA) is 55.4 Å². The van der Waals surface area contributed by atoms with Crippen molar-refractivity contribution in [3.8, 4) is 0 Å². The fraction of sp³-hybridized carbons (Fsp3) is 0.200. The van der Waals surface area contributed by atoms with E-state index in [4.69, 9.17) is 0 Å². The highest BCUT2D eigenvalue weighted by Crippen LogP contribution is 2.05. The summed E-state index contributed by atoms with van der Waals surface area (Å²) in [5.74, 6) is -0.0677. The molecule has 0 saturated heterocycles. The number of sulfonamides is 1. The maximum Gasteiger partial charge on any atom is 0.239 e. The van der Waals surface area contributed by atoms with Gasteiger partial charge >= 0.3 is 0 Å². The number of methoxy groups -OCH3 is 1. The summed E-state index contributed by atoms with van der Waals surface area (Å²) < 4.78 is 29.9. The molecule has 1 aromatic rings. The van der Waals surface area contributed by atoms with E-state index in [1.54, 1.807) is 24.3 Å². The Morgan fingerprint density at radius 2 is 2.00 bits per heavy atom. The van der Waals surface area contributed by atoms with Gasteiger partial charge in [-0.3, -0.25) is 4.72 Å². The van der Waals surface area contributed by atoms with Crippen LogP contribution in [-0.4, -0.2) is 15.5 Å². The van der Waals surface area contributed by atoms with E-state index in [1.807, 2.05) is 6.07 Å². The van der Waals surface area contributed by atoms with Gasteiger partial charge < -0.3 is 4.74 Å². The SMILES string of the molecule is C=C(NS(=O)(=O)Cc1ccccc1)OC. The molecule has 0 aromatic heterocycles. The summed E-state index contributed by atoms with van der Waals surface area (Å²) >= 11 is 0. The van der Waals surface area contributed by atoms with E-state index >= 15 is 0 Å². The van der Waals surface area contributed by atoms with Gasteiger partial charge in [-0.2, -0.15) is 0 Å². The molecule has 82 valence electrons. The van der Waals surface area contributed by atoms with Crippen LogP contribution in [0.4, 0.5) is 0 Å². The lowest BCUT2D eigenvalue weighted by molar-refractivity contribution is 0.279. The van der Waals surface area contributed by atoms with Crippen LogP contribution in [-0.2, 0) is 20.5 Å². The molecule has 0 unspecified atom stereocenters. The smallest absolute Gasteiger partial charge is 0.239 e. The zero-order valence-electron chi connectivity index (χ0n) is 8.43. The van der Waals surface area contributed by atoms with Crippen LogP contribution in [0.5, 0.6) is 0 Å². The minimum absolute atomic E-state index is 0.0194. The first-order valence-corrected chi connectivity index (χ1v) is 5.96. The van der Waals surface area contributed by atoms with Gasteiger partial charge in [0.2, 0.25) is 10.0 Å². The quantitative estimate of drug-likeness (QED) is 0.770. The fourth-order valence-corrected chi connectivity index (χ4v) is 2.18. The number of benzene rings is 1. The van der Waals surface area contributed by atoms with Crippen molar-refractivity contribution in [2.45, 2.75) is 5.75 Å². The molecule has 5 heteroatoms. The number of hydrogen-bond acceptors (Lipinski definition) is 3. The van der Waals surface area contributed by atoms with Gasteiger partial charge in [-0.15, -0.1) is 0 Å². The molecule has 0 spiro atoms. The van der Waals surface area contributed by atoms with Gasteiger partial charge in [-0.25, -0.2) is 8.42 Å². The second-order valence-corrected chi connectivity index (χ2v) is 4.70. The summed E-state index contributed by atoms with van der Waals surface area (Å²) in [6.07, 6.45) is 0. The molecule has 0 heterocycles. The predicted molar refractivity (Wildman–Crippen MR) is 58.4 cm³/mol. The van der Waals surface area contributed by atoms with Crippen LogP contribution in [0.25, 0.3) is 0 Å². The fourth-order valence-electron chi connectivity index (χ4n) is 1.04. The van der Waals surface area contributed by atoms with Crippen LogP contribution in [0.15, 0.2) is 42.8 Å². The molecule has 0 radical (unpaired) electrons. The number of rotatable bonds is 5. The maximum absolute atomic E-state index is 11.5. The predicted octanol–water partition coefficient (Wildman–Crippen LogP) is 1.22. The van der Waals surface area contributed by atoms with E-state index in [0.717, 1.165) is 0 Å². The zero-order valence-corrected chi connectivity index (χ0v) is 9.25. The highest BCUT2D eigenvalue weighted by atomic mass is 32.2. The molecule has 0 amide bonds. The van der Waals surface area contributed by atoms with Gasteiger partial charge in [0.1, 0.15) is 0 Å². The van der Waals surface area contributed by atoms with Crippen LogP contribution in [0.3, 0.4) is 0 Å². The Morgan fingerprint density at radius 3 is 2.53 bits per heavy atom. The highest BCUT2D eigenvalue weighted by molar-refractivity contribution is 7.88. The van der Waals surface area contributed by atoms with Crippen LogP contribution in [0, 0.1) is 0 Å². The average Bonchev–Trinajstić information content (AvgIpc) is 2.17. The number of ether oxygens (including phenoxy) is 1. The van der Waals surface area contributed by atoms with E-state index < -0.39 is 10.0 Å². The normalized spacial score (nSPS) is 10.7. The zero-order chi connectivity index (χ0) is 11.3. The Bertz CT molecular complexity index is 425. The first-order valence-electron chi connectivity index (χ1n) is 4.31. The van der Waals surface area contributed by atoms with Crippen molar-refractivity contribution in [1.29, 1.82) is 0 Å². The van der Waals surface area contributed by atoms with E-state index in [9.17, 15) is 8.42 Å². The summed E-state index contributed by atoms with van der Waals surface area (Å²) in [6, 6.07) is 8.90. The van der Waals surface area contributed by atoms with Crippen LogP contribution < -0.4 is 4.72 Å². The molecule has 0 fully saturated rings. The molecular formula is C10H13NO3S. The van der Waals surface area contributed by atoms with Crippen molar-refractivity contribution in [3.05, 3.63) is 48.4 Å². The summed E-state index contributed by atoms with van der Waals surface area (Å²) in [7, 11) is -2.07. The summed E-state index contributed by atoms with van der Waals surface area (Å²) in [5, 5.41) is 0. The summed E-state index contributed by atoms with van der Waals surface area (Å²) in [6.45, 7) is 3.39. The Balaban J connectivity index is 2.69. The largest absolute Gasteiger partial charge is 0.482 e. The minimum atomic E-state index is -3.42. The third-order valence-electron chi connectivity index (χ3n) is 1.72. The Morgan fingerprint density at radius 1 is 1.40 bits per heavy atom. The molecule has 1 aromatic carbocycles. The molecule has 0 bridgehead atoms. The molecule has 4 nitrogen and oxygen atoms in total. The maximum atomic E-state index is 11.5. The van der Waals surface area contributed by atoms with Gasteiger partial charge in [0, 0.05) is 0 Å². The summed E-state index contributed by atoms with van der Waals surface area (Å²) in [5.41, 5.74) is 0.717. The van der Waals surface area contributed by atoms with Crippen LogP contribution in [0.1, 0.15) is 5.56 Å². The monoisotopic (exact) mass is 227 g/mol. The minimum Gasteiger partial charge on any atom is -0.482 e. The van der Waals surface area contributed by atoms with E-state index in [1.165, 1.54) is 7.11 Å². The second-order valence-electron chi connectivity index (χ2n) is 2.97. The molecule has 0 aliphatic heterocycles. The lowest BCUT2D eigenvalue weighted by atomic mass is 10.2. The number of nitrogens with one attached hydrogen (secondary N) is 1. The Kier molecular flexibility index (Phi) is 3.74. The lowest BCUT2D eigenvalue weighted by Crippen LogP contribution is -2.24. The average molecular weight is 227 g/mol. The van der Waals surface area contributed by atoms with E-state index in [-0.39, 0.29) is 11.6 Å². The molecule has 0 aliphatic rings. The molecular weight excluding hydrogens is 214 g/mol. The van der Waals surface area contributed by atoms with Gasteiger partial charge in [0.25, 0.3) is 0 Å². The van der Waals surface area contributed by atoms with Crippen molar-refractivity contribution in [2.24, 2.45) is 0 Å².